The van der Waals surface area contributed by atoms with Crippen molar-refractivity contribution in [3.05, 3.63) is 35.5 Å². The van der Waals surface area contributed by atoms with Crippen molar-refractivity contribution in [1.29, 1.82) is 0 Å². The van der Waals surface area contributed by atoms with E-state index in [4.69, 9.17) is 0 Å². The van der Waals surface area contributed by atoms with E-state index >= 15 is 0 Å². The van der Waals surface area contributed by atoms with E-state index in [-0.39, 0.29) is 12.0 Å². The lowest BCUT2D eigenvalue weighted by atomic mass is 9.65. The summed E-state index contributed by atoms with van der Waals surface area (Å²) in [7, 11) is 0. The van der Waals surface area contributed by atoms with Gasteiger partial charge in [-0.05, 0) is 48.9 Å². The van der Waals surface area contributed by atoms with Crippen LogP contribution in [0.4, 0.5) is 0 Å². The van der Waals surface area contributed by atoms with Gasteiger partial charge >= 0.3 is 0 Å². The Hall–Kier alpha value is -1.28. The molecule has 1 aliphatic carbocycles. The molecule has 0 spiro atoms. The molecule has 0 unspecified atom stereocenters. The molecule has 1 heterocycles. The summed E-state index contributed by atoms with van der Waals surface area (Å²) in [5, 5.41) is 10.8. The maximum atomic E-state index is 9.56. The summed E-state index contributed by atoms with van der Waals surface area (Å²) in [6.07, 6.45) is 3.49. The van der Waals surface area contributed by atoms with Crippen molar-refractivity contribution in [2.45, 2.75) is 31.6 Å². The maximum Gasteiger partial charge on any atom is 0.0527 e. The monoisotopic (exact) mass is 215 g/mol. The smallest absolute Gasteiger partial charge is 0.0527 e. The molecule has 2 N–H and O–H groups in total. The van der Waals surface area contributed by atoms with E-state index in [9.17, 15) is 5.11 Å². The molecule has 1 fully saturated rings. The predicted octanol–water partition coefficient (Wildman–Crippen LogP) is 2.89. The molecule has 2 heteroatoms. The average molecular weight is 215 g/mol. The minimum absolute atomic E-state index is 0.0549. The van der Waals surface area contributed by atoms with Crippen molar-refractivity contribution in [2.24, 2.45) is 0 Å². The number of aliphatic hydroxyl groups excluding tert-OH is 1. The van der Waals surface area contributed by atoms with E-state index < -0.39 is 0 Å². The van der Waals surface area contributed by atoms with Crippen molar-refractivity contribution in [3.8, 4) is 0 Å². The van der Waals surface area contributed by atoms with Crippen molar-refractivity contribution in [1.82, 2.24) is 4.98 Å². The molecule has 0 atom stereocenters. The lowest BCUT2D eigenvalue weighted by Crippen LogP contribution is -2.37. The number of aliphatic hydroxyl groups is 1. The van der Waals surface area contributed by atoms with Crippen molar-refractivity contribution >= 4 is 10.9 Å². The molecule has 0 bridgehead atoms. The van der Waals surface area contributed by atoms with Gasteiger partial charge in [0.15, 0.2) is 0 Å². The van der Waals surface area contributed by atoms with E-state index in [2.05, 4.69) is 36.2 Å². The number of nitrogens with one attached hydrogen (secondary N) is 1. The Kier molecular flexibility index (Phi) is 2.08. The van der Waals surface area contributed by atoms with Crippen molar-refractivity contribution in [2.75, 3.05) is 6.61 Å². The molecular formula is C14H17NO. The van der Waals surface area contributed by atoms with Crippen molar-refractivity contribution < 1.29 is 5.11 Å². The summed E-state index contributed by atoms with van der Waals surface area (Å²) >= 11 is 0. The number of aromatic nitrogens is 1. The normalized spacial score (nSPS) is 18.6. The van der Waals surface area contributed by atoms with E-state index in [0.29, 0.717) is 0 Å². The average Bonchev–Trinajstić information content (AvgIpc) is 2.56. The third kappa shape index (κ3) is 1.30. The molecule has 3 rings (SSSR count). The molecule has 0 radical (unpaired) electrons. The molecule has 0 amide bonds. The first-order chi connectivity index (χ1) is 7.73. The topological polar surface area (TPSA) is 36.0 Å². The first-order valence-corrected chi connectivity index (χ1v) is 5.94. The van der Waals surface area contributed by atoms with Crippen LogP contribution in [-0.2, 0) is 5.41 Å². The van der Waals surface area contributed by atoms with Crippen molar-refractivity contribution in [3.63, 3.8) is 0 Å². The molecule has 2 aromatic rings. The molecule has 1 saturated carbocycles. The Labute approximate surface area is 95.3 Å². The highest BCUT2D eigenvalue weighted by molar-refractivity contribution is 5.81. The summed E-state index contributed by atoms with van der Waals surface area (Å²) in [5.41, 5.74) is 3.74. The lowest BCUT2D eigenvalue weighted by molar-refractivity contribution is 0.120. The molecule has 1 aromatic carbocycles. The highest BCUT2D eigenvalue weighted by Crippen LogP contribution is 2.43. The fourth-order valence-electron chi connectivity index (χ4n) is 2.75. The number of hydrogen-bond donors (Lipinski definition) is 2. The second-order valence-electron chi connectivity index (χ2n) is 5.05. The number of H-pyrrole nitrogens is 1. The van der Waals surface area contributed by atoms with Gasteiger partial charge in [0.05, 0.1) is 6.61 Å². The lowest BCUT2D eigenvalue weighted by Gasteiger charge is -2.40. The minimum atomic E-state index is 0.0549. The molecule has 0 saturated heterocycles. The van der Waals surface area contributed by atoms with E-state index in [1.54, 1.807) is 0 Å². The third-order valence-electron chi connectivity index (χ3n) is 3.98. The van der Waals surface area contributed by atoms with Crippen LogP contribution in [0.5, 0.6) is 0 Å². The Balaban J connectivity index is 2.10. The van der Waals surface area contributed by atoms with Gasteiger partial charge in [-0.1, -0.05) is 12.5 Å². The molecule has 2 nitrogen and oxygen atoms in total. The van der Waals surface area contributed by atoms with Crippen LogP contribution >= 0.6 is 0 Å². The van der Waals surface area contributed by atoms with Crippen LogP contribution in [0.15, 0.2) is 24.3 Å². The second kappa shape index (κ2) is 3.36. The second-order valence-corrected chi connectivity index (χ2v) is 5.05. The zero-order valence-corrected chi connectivity index (χ0v) is 9.59. The number of benzene rings is 1. The Morgan fingerprint density at radius 1 is 1.31 bits per heavy atom. The van der Waals surface area contributed by atoms with Gasteiger partial charge in [0, 0.05) is 16.6 Å². The summed E-state index contributed by atoms with van der Waals surface area (Å²) in [6, 6.07) is 8.69. The summed E-state index contributed by atoms with van der Waals surface area (Å²) in [6.45, 7) is 2.35. The van der Waals surface area contributed by atoms with Gasteiger partial charge in [-0.3, -0.25) is 0 Å². The molecule has 84 valence electrons. The van der Waals surface area contributed by atoms with Crippen LogP contribution in [0.25, 0.3) is 10.9 Å². The predicted molar refractivity (Wildman–Crippen MR) is 65.7 cm³/mol. The number of hydrogen-bond acceptors (Lipinski definition) is 1. The number of rotatable bonds is 2. The Morgan fingerprint density at radius 3 is 2.75 bits per heavy atom. The van der Waals surface area contributed by atoms with Crippen LogP contribution in [0, 0.1) is 6.92 Å². The molecule has 1 aliphatic rings. The van der Waals surface area contributed by atoms with Crippen LogP contribution in [-0.4, -0.2) is 16.7 Å². The summed E-state index contributed by atoms with van der Waals surface area (Å²) in [4.78, 5) is 3.33. The zero-order valence-electron chi connectivity index (χ0n) is 9.59. The fourth-order valence-corrected chi connectivity index (χ4v) is 2.75. The standard InChI is InChI=1S/C14H17NO/c1-10-7-11-8-12(3-4-13(11)15-10)14(9-16)5-2-6-14/h3-4,7-8,15-16H,2,5-6,9H2,1H3. The van der Waals surface area contributed by atoms with Gasteiger partial charge in [-0.25, -0.2) is 0 Å². The summed E-state index contributed by atoms with van der Waals surface area (Å²) < 4.78 is 0. The molecule has 1 aromatic heterocycles. The van der Waals surface area contributed by atoms with E-state index in [1.807, 2.05) is 0 Å². The van der Waals surface area contributed by atoms with E-state index in [1.165, 1.54) is 28.6 Å². The maximum absolute atomic E-state index is 9.56. The SMILES string of the molecule is Cc1cc2cc(C3(CO)CCC3)ccc2[nH]1. The quantitative estimate of drug-likeness (QED) is 0.794. The van der Waals surface area contributed by atoms with Gasteiger partial charge in [0.25, 0.3) is 0 Å². The van der Waals surface area contributed by atoms with Crippen LogP contribution in [0.1, 0.15) is 30.5 Å². The van der Waals surface area contributed by atoms with Crippen LogP contribution in [0.3, 0.4) is 0 Å². The van der Waals surface area contributed by atoms with Gasteiger partial charge in [0.2, 0.25) is 0 Å². The first kappa shape index (κ1) is 9.91. The highest BCUT2D eigenvalue weighted by atomic mass is 16.3. The number of aromatic amines is 1. The molecule has 0 aliphatic heterocycles. The Morgan fingerprint density at radius 2 is 2.12 bits per heavy atom. The fraction of sp³-hybridized carbons (Fsp3) is 0.429. The largest absolute Gasteiger partial charge is 0.395 e. The van der Waals surface area contributed by atoms with Gasteiger partial charge in [-0.2, -0.15) is 0 Å². The van der Waals surface area contributed by atoms with Gasteiger partial charge < -0.3 is 10.1 Å². The van der Waals surface area contributed by atoms with Crippen LogP contribution in [0.2, 0.25) is 0 Å². The third-order valence-corrected chi connectivity index (χ3v) is 3.98. The number of fused-ring (bicyclic) bond motifs is 1. The van der Waals surface area contributed by atoms with Gasteiger partial charge in [-0.15, -0.1) is 0 Å². The summed E-state index contributed by atoms with van der Waals surface area (Å²) in [5.74, 6) is 0. The van der Waals surface area contributed by atoms with E-state index in [0.717, 1.165) is 12.8 Å². The van der Waals surface area contributed by atoms with Crippen LogP contribution < -0.4 is 0 Å². The highest BCUT2D eigenvalue weighted by Gasteiger charge is 2.37. The first-order valence-electron chi connectivity index (χ1n) is 5.94. The molecular weight excluding hydrogens is 198 g/mol. The zero-order chi connectivity index (χ0) is 11.2. The Bertz CT molecular complexity index is 517. The van der Waals surface area contributed by atoms with Gasteiger partial charge in [0.1, 0.15) is 0 Å². The number of aryl methyl sites for hydroxylation is 1. The minimum Gasteiger partial charge on any atom is -0.395 e. The molecule has 16 heavy (non-hydrogen) atoms.